The molecule has 80 valence electrons. The summed E-state index contributed by atoms with van der Waals surface area (Å²) in [6.07, 6.45) is 2.60. The Morgan fingerprint density at radius 2 is 2.20 bits per heavy atom. The zero-order valence-electron chi connectivity index (χ0n) is 8.83. The fourth-order valence-corrected chi connectivity index (χ4v) is 1.73. The molecule has 0 spiro atoms. The van der Waals surface area contributed by atoms with Crippen molar-refractivity contribution in [3.63, 3.8) is 0 Å². The van der Waals surface area contributed by atoms with Crippen molar-refractivity contribution in [3.05, 3.63) is 36.0 Å². The molecule has 0 bridgehead atoms. The summed E-state index contributed by atoms with van der Waals surface area (Å²) in [4.78, 5) is 3.16. The zero-order chi connectivity index (χ0) is 10.9. The second-order valence-corrected chi connectivity index (χ2v) is 4.39. The monoisotopic (exact) mass is 204 g/mol. The van der Waals surface area contributed by atoms with Crippen LogP contribution in [-0.2, 0) is 6.42 Å². The largest absolute Gasteiger partial charge is 0.394 e. The van der Waals surface area contributed by atoms with Crippen molar-refractivity contribution in [2.45, 2.75) is 18.9 Å². The molecule has 4 N–H and O–H groups in total. The SMILES string of the molecule is CC(N)(CO)Cc1ccc2cc[nH]c2c1. The number of fused-ring (bicyclic) bond motifs is 1. The fourth-order valence-electron chi connectivity index (χ4n) is 1.73. The quantitative estimate of drug-likeness (QED) is 0.708. The predicted molar refractivity (Wildman–Crippen MR) is 61.7 cm³/mol. The third-order valence-electron chi connectivity index (χ3n) is 2.59. The van der Waals surface area contributed by atoms with Crippen LogP contribution < -0.4 is 5.73 Å². The van der Waals surface area contributed by atoms with Gasteiger partial charge in [0.1, 0.15) is 0 Å². The smallest absolute Gasteiger partial charge is 0.0611 e. The van der Waals surface area contributed by atoms with Crippen molar-refractivity contribution in [3.8, 4) is 0 Å². The summed E-state index contributed by atoms with van der Waals surface area (Å²) in [7, 11) is 0. The Kier molecular flexibility index (Phi) is 2.50. The second-order valence-electron chi connectivity index (χ2n) is 4.39. The Morgan fingerprint density at radius 1 is 1.40 bits per heavy atom. The van der Waals surface area contributed by atoms with Crippen molar-refractivity contribution in [1.82, 2.24) is 4.98 Å². The van der Waals surface area contributed by atoms with Crippen LogP contribution in [0.15, 0.2) is 30.5 Å². The number of aromatic nitrogens is 1. The maximum absolute atomic E-state index is 9.10. The van der Waals surface area contributed by atoms with Gasteiger partial charge in [0.2, 0.25) is 0 Å². The first-order chi connectivity index (χ1) is 7.11. The lowest BCUT2D eigenvalue weighted by atomic mass is 9.94. The number of hydrogen-bond donors (Lipinski definition) is 3. The Labute approximate surface area is 88.9 Å². The molecular weight excluding hydrogens is 188 g/mol. The highest BCUT2D eigenvalue weighted by molar-refractivity contribution is 5.79. The molecule has 15 heavy (non-hydrogen) atoms. The van der Waals surface area contributed by atoms with E-state index in [-0.39, 0.29) is 6.61 Å². The minimum atomic E-state index is -0.541. The normalized spacial score (nSPS) is 15.4. The summed E-state index contributed by atoms with van der Waals surface area (Å²) in [6, 6.07) is 8.23. The van der Waals surface area contributed by atoms with Crippen LogP contribution >= 0.6 is 0 Å². The van der Waals surface area contributed by atoms with Gasteiger partial charge in [0.25, 0.3) is 0 Å². The van der Waals surface area contributed by atoms with Gasteiger partial charge in [-0.25, -0.2) is 0 Å². The molecule has 3 nitrogen and oxygen atoms in total. The molecule has 0 aliphatic heterocycles. The first kappa shape index (κ1) is 10.2. The standard InChI is InChI=1S/C12H16N2O/c1-12(13,8-15)7-9-2-3-10-4-5-14-11(10)6-9/h2-6,14-15H,7-8,13H2,1H3. The molecule has 3 heteroatoms. The molecule has 1 aromatic carbocycles. The predicted octanol–water partition coefficient (Wildman–Crippen LogP) is 1.42. The van der Waals surface area contributed by atoms with Gasteiger partial charge >= 0.3 is 0 Å². The molecule has 0 fully saturated rings. The van der Waals surface area contributed by atoms with E-state index in [2.05, 4.69) is 23.2 Å². The van der Waals surface area contributed by atoms with Crippen LogP contribution in [0.4, 0.5) is 0 Å². The molecule has 0 aliphatic carbocycles. The number of nitrogens with one attached hydrogen (secondary N) is 1. The van der Waals surface area contributed by atoms with Crippen LogP contribution in [0.25, 0.3) is 10.9 Å². The van der Waals surface area contributed by atoms with Gasteiger partial charge in [0, 0.05) is 17.3 Å². The molecule has 1 atom stereocenters. The van der Waals surface area contributed by atoms with Crippen molar-refractivity contribution in [1.29, 1.82) is 0 Å². The van der Waals surface area contributed by atoms with E-state index in [0.29, 0.717) is 6.42 Å². The number of aromatic amines is 1. The average Bonchev–Trinajstić information content (AvgIpc) is 2.64. The molecule has 2 rings (SSSR count). The summed E-state index contributed by atoms with van der Waals surface area (Å²) in [5, 5.41) is 10.3. The Bertz CT molecular complexity index is 459. The van der Waals surface area contributed by atoms with Crippen LogP contribution in [0.3, 0.4) is 0 Å². The first-order valence-electron chi connectivity index (χ1n) is 5.06. The van der Waals surface area contributed by atoms with Gasteiger partial charge in [-0.2, -0.15) is 0 Å². The molecule has 1 unspecified atom stereocenters. The van der Waals surface area contributed by atoms with Gasteiger partial charge in [-0.15, -0.1) is 0 Å². The lowest BCUT2D eigenvalue weighted by Crippen LogP contribution is -2.42. The molecule has 0 radical (unpaired) electrons. The summed E-state index contributed by atoms with van der Waals surface area (Å²) >= 11 is 0. The van der Waals surface area contributed by atoms with Crippen LogP contribution in [-0.4, -0.2) is 22.2 Å². The van der Waals surface area contributed by atoms with Gasteiger partial charge in [-0.05, 0) is 36.4 Å². The zero-order valence-corrected chi connectivity index (χ0v) is 8.83. The Morgan fingerprint density at radius 3 is 2.93 bits per heavy atom. The molecule has 1 heterocycles. The topological polar surface area (TPSA) is 62.0 Å². The number of aliphatic hydroxyl groups is 1. The van der Waals surface area contributed by atoms with Crippen LogP contribution in [0.2, 0.25) is 0 Å². The molecule has 0 saturated carbocycles. The van der Waals surface area contributed by atoms with Gasteiger partial charge in [0.15, 0.2) is 0 Å². The van der Waals surface area contributed by atoms with Crippen molar-refractivity contribution < 1.29 is 5.11 Å². The van der Waals surface area contributed by atoms with Crippen molar-refractivity contribution in [2.75, 3.05) is 6.61 Å². The highest BCUT2D eigenvalue weighted by Gasteiger charge is 2.17. The number of aliphatic hydroxyl groups excluding tert-OH is 1. The molecule has 0 aliphatic rings. The number of hydrogen-bond acceptors (Lipinski definition) is 2. The van der Waals surface area contributed by atoms with Crippen molar-refractivity contribution in [2.24, 2.45) is 5.73 Å². The summed E-state index contributed by atoms with van der Waals surface area (Å²) in [5.41, 5.74) is 7.62. The maximum Gasteiger partial charge on any atom is 0.0611 e. The van der Waals surface area contributed by atoms with E-state index in [0.717, 1.165) is 11.1 Å². The van der Waals surface area contributed by atoms with Gasteiger partial charge < -0.3 is 15.8 Å². The number of rotatable bonds is 3. The minimum absolute atomic E-state index is 0.00420. The van der Waals surface area contributed by atoms with Gasteiger partial charge in [-0.3, -0.25) is 0 Å². The van der Waals surface area contributed by atoms with E-state index in [9.17, 15) is 0 Å². The van der Waals surface area contributed by atoms with Gasteiger partial charge in [0.05, 0.1) is 6.61 Å². The summed E-state index contributed by atoms with van der Waals surface area (Å²) in [6.45, 7) is 1.85. The maximum atomic E-state index is 9.10. The van der Waals surface area contributed by atoms with E-state index in [1.807, 2.05) is 19.2 Å². The third-order valence-corrected chi connectivity index (χ3v) is 2.59. The molecular formula is C12H16N2O. The molecule has 1 aromatic heterocycles. The number of H-pyrrole nitrogens is 1. The van der Waals surface area contributed by atoms with E-state index < -0.39 is 5.54 Å². The second kappa shape index (κ2) is 3.68. The van der Waals surface area contributed by atoms with E-state index in [1.165, 1.54) is 5.39 Å². The fraction of sp³-hybridized carbons (Fsp3) is 0.333. The lowest BCUT2D eigenvalue weighted by molar-refractivity contribution is 0.208. The highest BCUT2D eigenvalue weighted by atomic mass is 16.3. The molecule has 0 amide bonds. The van der Waals surface area contributed by atoms with Crippen LogP contribution in [0.5, 0.6) is 0 Å². The Balaban J connectivity index is 2.28. The summed E-state index contributed by atoms with van der Waals surface area (Å²) < 4.78 is 0. The van der Waals surface area contributed by atoms with Crippen molar-refractivity contribution >= 4 is 10.9 Å². The molecule has 0 saturated heterocycles. The average molecular weight is 204 g/mol. The van der Waals surface area contributed by atoms with Crippen LogP contribution in [0, 0.1) is 0 Å². The van der Waals surface area contributed by atoms with E-state index >= 15 is 0 Å². The third kappa shape index (κ3) is 2.19. The van der Waals surface area contributed by atoms with E-state index in [1.54, 1.807) is 0 Å². The first-order valence-corrected chi connectivity index (χ1v) is 5.06. The minimum Gasteiger partial charge on any atom is -0.394 e. The highest BCUT2D eigenvalue weighted by Crippen LogP contribution is 2.17. The number of benzene rings is 1. The Hall–Kier alpha value is -1.32. The van der Waals surface area contributed by atoms with Crippen LogP contribution in [0.1, 0.15) is 12.5 Å². The molecule has 2 aromatic rings. The lowest BCUT2D eigenvalue weighted by Gasteiger charge is -2.21. The summed E-state index contributed by atoms with van der Waals surface area (Å²) in [5.74, 6) is 0. The van der Waals surface area contributed by atoms with Gasteiger partial charge in [-0.1, -0.05) is 12.1 Å². The number of nitrogens with two attached hydrogens (primary N) is 1. The van der Waals surface area contributed by atoms with E-state index in [4.69, 9.17) is 10.8 Å².